The molecule has 0 fully saturated rings. The summed E-state index contributed by atoms with van der Waals surface area (Å²) in [5.41, 5.74) is 1.57. The number of rotatable bonds is 3. The van der Waals surface area contributed by atoms with E-state index in [0.717, 1.165) is 7.11 Å². The van der Waals surface area contributed by atoms with Crippen molar-refractivity contribution in [2.24, 2.45) is 5.73 Å². The van der Waals surface area contributed by atoms with E-state index < -0.39 is 47.8 Å². The molecule has 0 aliphatic heterocycles. The van der Waals surface area contributed by atoms with Gasteiger partial charge in [-0.1, -0.05) is 0 Å². The number of halogens is 6. The number of hydrogen-bond acceptors (Lipinski definition) is 5. The maximum atomic E-state index is 12.7. The van der Waals surface area contributed by atoms with Gasteiger partial charge in [-0.15, -0.1) is 13.2 Å². The van der Waals surface area contributed by atoms with Crippen LogP contribution < -0.4 is 10.5 Å². The maximum Gasteiger partial charge on any atom is 0.574 e. The molecule has 0 aliphatic rings. The summed E-state index contributed by atoms with van der Waals surface area (Å²) in [6, 6.07) is 0.155. The Morgan fingerprint density at radius 1 is 1.29 bits per heavy atom. The molecule has 0 aliphatic carbocycles. The second kappa shape index (κ2) is 5.76. The molecule has 5 nitrogen and oxygen atoms in total. The zero-order valence-corrected chi connectivity index (χ0v) is 10.3. The highest BCUT2D eigenvalue weighted by Gasteiger charge is 2.39. The zero-order valence-electron chi connectivity index (χ0n) is 10.3. The molecule has 0 aromatic carbocycles. The molecule has 1 heterocycles. The third-order valence-corrected chi connectivity index (χ3v) is 2.18. The van der Waals surface area contributed by atoms with Crippen molar-refractivity contribution < 1.29 is 40.6 Å². The number of esters is 1. The number of nitrogens with zero attached hydrogens (tertiary/aromatic N) is 1. The highest BCUT2D eigenvalue weighted by atomic mass is 19.4. The van der Waals surface area contributed by atoms with Crippen LogP contribution in [-0.4, -0.2) is 24.4 Å². The molecule has 0 spiro atoms. The minimum absolute atomic E-state index is 0.155. The van der Waals surface area contributed by atoms with Gasteiger partial charge in [-0.3, -0.25) is 0 Å². The molecule has 21 heavy (non-hydrogen) atoms. The van der Waals surface area contributed by atoms with E-state index in [1.807, 2.05) is 0 Å². The third kappa shape index (κ3) is 4.21. The van der Waals surface area contributed by atoms with Gasteiger partial charge in [-0.05, 0) is 6.07 Å². The summed E-state index contributed by atoms with van der Waals surface area (Å²) >= 11 is 0. The fourth-order valence-corrected chi connectivity index (χ4v) is 1.38. The molecule has 0 saturated heterocycles. The van der Waals surface area contributed by atoms with Crippen LogP contribution in [0.15, 0.2) is 6.07 Å². The average Bonchev–Trinajstić information content (AvgIpc) is 2.34. The second-order valence-corrected chi connectivity index (χ2v) is 3.58. The summed E-state index contributed by atoms with van der Waals surface area (Å²) in [5.74, 6) is -2.82. The van der Waals surface area contributed by atoms with Crippen LogP contribution in [0, 0.1) is 0 Å². The quantitative estimate of drug-likeness (QED) is 0.683. The van der Waals surface area contributed by atoms with Gasteiger partial charge in [-0.2, -0.15) is 13.2 Å². The summed E-state index contributed by atoms with van der Waals surface area (Å²) in [4.78, 5) is 14.3. The van der Waals surface area contributed by atoms with Gasteiger partial charge in [0.1, 0.15) is 5.56 Å². The van der Waals surface area contributed by atoms with Crippen molar-refractivity contribution in [3.63, 3.8) is 0 Å². The van der Waals surface area contributed by atoms with E-state index in [-0.39, 0.29) is 6.07 Å². The van der Waals surface area contributed by atoms with Crippen LogP contribution in [0.25, 0.3) is 0 Å². The number of pyridine rings is 1. The van der Waals surface area contributed by atoms with Crippen molar-refractivity contribution >= 4 is 5.97 Å². The van der Waals surface area contributed by atoms with Gasteiger partial charge < -0.3 is 15.2 Å². The largest absolute Gasteiger partial charge is 0.574 e. The summed E-state index contributed by atoms with van der Waals surface area (Å²) in [7, 11) is 0.782. The van der Waals surface area contributed by atoms with Crippen LogP contribution in [-0.2, 0) is 17.5 Å². The molecule has 0 bridgehead atoms. The molecule has 0 amide bonds. The predicted octanol–water partition coefficient (Wildman–Crippen LogP) is 2.24. The van der Waals surface area contributed by atoms with Crippen LogP contribution >= 0.6 is 0 Å². The Bertz CT molecular complexity index is 541. The van der Waals surface area contributed by atoms with E-state index in [0.29, 0.717) is 0 Å². The number of nitrogens with two attached hydrogens (primary N) is 1. The molecule has 0 unspecified atom stereocenters. The fourth-order valence-electron chi connectivity index (χ4n) is 1.38. The first-order valence-electron chi connectivity index (χ1n) is 5.15. The normalized spacial score (nSPS) is 12.2. The van der Waals surface area contributed by atoms with E-state index in [1.165, 1.54) is 0 Å². The molecule has 0 radical (unpaired) electrons. The number of hydrogen-bond donors (Lipinski definition) is 1. The SMILES string of the molecule is COC(=O)c1cc(C(F)(F)F)c(CN)nc1OC(F)(F)F. The first kappa shape index (κ1) is 17.0. The summed E-state index contributed by atoms with van der Waals surface area (Å²) in [6.45, 7) is -0.801. The van der Waals surface area contributed by atoms with Gasteiger partial charge in [0, 0.05) is 6.54 Å². The molecule has 0 saturated carbocycles. The van der Waals surface area contributed by atoms with Gasteiger partial charge in [-0.25, -0.2) is 9.78 Å². The minimum Gasteiger partial charge on any atom is -0.465 e. The molecule has 118 valence electrons. The van der Waals surface area contributed by atoms with Crippen molar-refractivity contribution in [3.8, 4) is 5.88 Å². The first-order chi connectivity index (χ1) is 9.49. The lowest BCUT2D eigenvalue weighted by Crippen LogP contribution is -2.23. The van der Waals surface area contributed by atoms with Gasteiger partial charge in [0.25, 0.3) is 0 Å². The Morgan fingerprint density at radius 3 is 2.24 bits per heavy atom. The van der Waals surface area contributed by atoms with Gasteiger partial charge >= 0.3 is 18.5 Å². The highest BCUT2D eigenvalue weighted by Crippen LogP contribution is 2.35. The average molecular weight is 318 g/mol. The minimum atomic E-state index is -5.25. The van der Waals surface area contributed by atoms with Crippen molar-refractivity contribution in [1.82, 2.24) is 4.98 Å². The lowest BCUT2D eigenvalue weighted by atomic mass is 10.1. The topological polar surface area (TPSA) is 74.4 Å². The molecular formula is C10H8F6N2O3. The molecular weight excluding hydrogens is 310 g/mol. The van der Waals surface area contributed by atoms with Crippen molar-refractivity contribution in [1.29, 1.82) is 0 Å². The summed E-state index contributed by atoms with van der Waals surface area (Å²) in [6.07, 6.45) is -10.2. The summed E-state index contributed by atoms with van der Waals surface area (Å²) < 4.78 is 82.3. The zero-order chi connectivity index (χ0) is 16.4. The highest BCUT2D eigenvalue weighted by molar-refractivity contribution is 5.92. The lowest BCUT2D eigenvalue weighted by Gasteiger charge is -2.16. The number of ether oxygens (including phenoxy) is 2. The predicted molar refractivity (Wildman–Crippen MR) is 55.2 cm³/mol. The number of carbonyl (C=O) groups excluding carboxylic acids is 1. The van der Waals surface area contributed by atoms with Gasteiger partial charge in [0.05, 0.1) is 18.4 Å². The van der Waals surface area contributed by atoms with E-state index in [9.17, 15) is 31.1 Å². The Balaban J connectivity index is 3.52. The first-order valence-corrected chi connectivity index (χ1v) is 5.15. The fraction of sp³-hybridized carbons (Fsp3) is 0.400. The smallest absolute Gasteiger partial charge is 0.465 e. The maximum absolute atomic E-state index is 12.7. The Morgan fingerprint density at radius 2 is 1.86 bits per heavy atom. The molecule has 11 heteroatoms. The van der Waals surface area contributed by atoms with Gasteiger partial charge in [0.15, 0.2) is 0 Å². The number of alkyl halides is 6. The van der Waals surface area contributed by atoms with Crippen molar-refractivity contribution in [2.45, 2.75) is 19.1 Å². The molecule has 1 aromatic rings. The monoisotopic (exact) mass is 318 g/mol. The molecule has 2 N–H and O–H groups in total. The molecule has 0 atom stereocenters. The van der Waals surface area contributed by atoms with Crippen LogP contribution in [0.2, 0.25) is 0 Å². The van der Waals surface area contributed by atoms with Crippen LogP contribution in [0.1, 0.15) is 21.6 Å². The molecule has 1 aromatic heterocycles. The standard InChI is InChI=1S/C10H8F6N2O3/c1-20-8(19)4-2-5(9(11,12)13)6(3-17)18-7(4)21-10(14,15)16/h2H,3,17H2,1H3. The van der Waals surface area contributed by atoms with Crippen molar-refractivity contribution in [2.75, 3.05) is 7.11 Å². The van der Waals surface area contributed by atoms with E-state index in [4.69, 9.17) is 5.73 Å². The lowest BCUT2D eigenvalue weighted by molar-refractivity contribution is -0.276. The Labute approximate surface area is 113 Å². The third-order valence-electron chi connectivity index (χ3n) is 2.18. The van der Waals surface area contributed by atoms with Crippen LogP contribution in [0.4, 0.5) is 26.3 Å². The number of methoxy groups -OCH3 is 1. The van der Waals surface area contributed by atoms with Crippen LogP contribution in [0.5, 0.6) is 5.88 Å². The Hall–Kier alpha value is -2.04. The number of carbonyl (C=O) groups is 1. The second-order valence-electron chi connectivity index (χ2n) is 3.58. The van der Waals surface area contributed by atoms with Crippen LogP contribution in [0.3, 0.4) is 0 Å². The Kier molecular flexibility index (Phi) is 4.66. The summed E-state index contributed by atoms with van der Waals surface area (Å²) in [5, 5.41) is 0. The van der Waals surface area contributed by atoms with E-state index in [2.05, 4.69) is 14.5 Å². The molecule has 1 rings (SSSR count). The van der Waals surface area contributed by atoms with Gasteiger partial charge in [0.2, 0.25) is 5.88 Å². The van der Waals surface area contributed by atoms with Crippen molar-refractivity contribution in [3.05, 3.63) is 22.9 Å². The van der Waals surface area contributed by atoms with E-state index >= 15 is 0 Å². The number of aromatic nitrogens is 1. The van der Waals surface area contributed by atoms with E-state index in [1.54, 1.807) is 0 Å².